The zero-order valence-corrected chi connectivity index (χ0v) is 8.84. The van der Waals surface area contributed by atoms with Crippen LogP contribution in [0.15, 0.2) is 23.9 Å². The van der Waals surface area contributed by atoms with Gasteiger partial charge in [-0.3, -0.25) is 10.1 Å². The Morgan fingerprint density at radius 1 is 1.19 bits per heavy atom. The van der Waals surface area contributed by atoms with Gasteiger partial charge < -0.3 is 15.5 Å². The fraction of sp³-hybridized carbons (Fsp3) is 0. The Kier molecular flexibility index (Phi) is 2.49. The summed E-state index contributed by atoms with van der Waals surface area (Å²) in [6.07, 6.45) is 1.52. The molecule has 0 atom stereocenters. The van der Waals surface area contributed by atoms with Gasteiger partial charge in [-0.05, 0) is 36.0 Å². The monoisotopic (exact) mass is 236 g/mol. The molecule has 0 bridgehead atoms. The highest BCUT2D eigenvalue weighted by Gasteiger charge is 2.19. The largest absolute Gasteiger partial charge is 0.504 e. The van der Waals surface area contributed by atoms with Gasteiger partial charge in [0.1, 0.15) is 5.70 Å². The summed E-state index contributed by atoms with van der Waals surface area (Å²) in [5, 5.41) is 23.7. The highest BCUT2D eigenvalue weighted by molar-refractivity contribution is 7.80. The van der Waals surface area contributed by atoms with Crippen molar-refractivity contribution in [1.29, 1.82) is 0 Å². The summed E-state index contributed by atoms with van der Waals surface area (Å²) in [7, 11) is 0. The van der Waals surface area contributed by atoms with Crippen LogP contribution in [-0.4, -0.2) is 21.2 Å². The van der Waals surface area contributed by atoms with E-state index in [1.807, 2.05) is 0 Å². The highest BCUT2D eigenvalue weighted by Crippen LogP contribution is 2.25. The summed E-state index contributed by atoms with van der Waals surface area (Å²) in [6.45, 7) is 0. The lowest BCUT2D eigenvalue weighted by molar-refractivity contribution is -0.115. The van der Waals surface area contributed by atoms with Crippen LogP contribution in [0.5, 0.6) is 11.5 Å². The first-order chi connectivity index (χ1) is 7.56. The van der Waals surface area contributed by atoms with Gasteiger partial charge in [-0.1, -0.05) is 6.07 Å². The van der Waals surface area contributed by atoms with E-state index in [1.165, 1.54) is 18.2 Å². The number of phenols is 2. The summed E-state index contributed by atoms with van der Waals surface area (Å²) in [4.78, 5) is 11.3. The zero-order valence-electron chi connectivity index (χ0n) is 8.02. The Bertz CT molecular complexity index is 511. The van der Waals surface area contributed by atoms with Crippen molar-refractivity contribution >= 4 is 29.3 Å². The Balaban J connectivity index is 2.32. The van der Waals surface area contributed by atoms with Crippen molar-refractivity contribution < 1.29 is 15.0 Å². The second-order valence-corrected chi connectivity index (χ2v) is 3.62. The molecule has 4 N–H and O–H groups in total. The van der Waals surface area contributed by atoms with E-state index in [0.717, 1.165) is 0 Å². The summed E-state index contributed by atoms with van der Waals surface area (Å²) in [5.74, 6) is -0.769. The normalized spacial score (nSPS) is 17.4. The number of nitrogens with one attached hydrogen (secondary N) is 2. The molecule has 0 saturated carbocycles. The number of hydrogen-bond acceptors (Lipinski definition) is 4. The van der Waals surface area contributed by atoms with E-state index in [4.69, 9.17) is 17.3 Å². The van der Waals surface area contributed by atoms with Crippen molar-refractivity contribution in [2.75, 3.05) is 0 Å². The first kappa shape index (κ1) is 10.4. The lowest BCUT2D eigenvalue weighted by Crippen LogP contribution is -2.21. The first-order valence-corrected chi connectivity index (χ1v) is 4.83. The van der Waals surface area contributed by atoms with Crippen LogP contribution in [-0.2, 0) is 4.79 Å². The van der Waals surface area contributed by atoms with E-state index in [1.54, 1.807) is 6.07 Å². The van der Waals surface area contributed by atoms with E-state index in [0.29, 0.717) is 11.3 Å². The minimum atomic E-state index is -0.322. The average molecular weight is 236 g/mol. The van der Waals surface area contributed by atoms with Crippen LogP contribution in [0.3, 0.4) is 0 Å². The molecule has 5 nitrogen and oxygen atoms in total. The minimum absolute atomic E-state index is 0.207. The van der Waals surface area contributed by atoms with Gasteiger partial charge in [0, 0.05) is 0 Å². The van der Waals surface area contributed by atoms with Gasteiger partial charge in [0.05, 0.1) is 0 Å². The van der Waals surface area contributed by atoms with Crippen molar-refractivity contribution in [2.45, 2.75) is 0 Å². The van der Waals surface area contributed by atoms with Gasteiger partial charge in [-0.2, -0.15) is 0 Å². The molecular weight excluding hydrogens is 228 g/mol. The molecule has 82 valence electrons. The topological polar surface area (TPSA) is 81.6 Å². The van der Waals surface area contributed by atoms with E-state index in [-0.39, 0.29) is 22.5 Å². The number of benzene rings is 1. The fourth-order valence-corrected chi connectivity index (χ4v) is 1.48. The molecule has 0 spiro atoms. The van der Waals surface area contributed by atoms with Gasteiger partial charge in [-0.15, -0.1) is 0 Å². The highest BCUT2D eigenvalue weighted by atomic mass is 32.1. The Hall–Kier alpha value is -2.08. The van der Waals surface area contributed by atoms with Crippen molar-refractivity contribution in [3.8, 4) is 11.5 Å². The Labute approximate surface area is 96.4 Å². The van der Waals surface area contributed by atoms with Crippen molar-refractivity contribution in [1.82, 2.24) is 10.6 Å². The standard InChI is InChI=1S/C10H8N2O3S/c13-7-2-1-5(4-8(7)14)3-6-9(15)12-10(16)11-6/h1-4,13-14H,(H2,11,12,15,16)/b6-3+. The number of rotatable bonds is 1. The molecule has 0 aromatic heterocycles. The second-order valence-electron chi connectivity index (χ2n) is 3.21. The molecule has 0 radical (unpaired) electrons. The van der Waals surface area contributed by atoms with E-state index >= 15 is 0 Å². The van der Waals surface area contributed by atoms with Crippen molar-refractivity contribution in [3.63, 3.8) is 0 Å². The predicted octanol–water partition coefficient (Wildman–Crippen LogP) is 0.443. The third kappa shape index (κ3) is 1.96. The van der Waals surface area contributed by atoms with Gasteiger partial charge in [0.2, 0.25) is 0 Å². The first-order valence-electron chi connectivity index (χ1n) is 4.42. The summed E-state index contributed by atoms with van der Waals surface area (Å²) in [6, 6.07) is 4.25. The number of carbonyl (C=O) groups excluding carboxylic acids is 1. The molecule has 0 aliphatic carbocycles. The van der Waals surface area contributed by atoms with Crippen LogP contribution >= 0.6 is 12.2 Å². The molecule has 6 heteroatoms. The Morgan fingerprint density at radius 3 is 2.50 bits per heavy atom. The molecular formula is C10H8N2O3S. The van der Waals surface area contributed by atoms with Crippen LogP contribution in [0.2, 0.25) is 0 Å². The lowest BCUT2D eigenvalue weighted by Gasteiger charge is -1.99. The van der Waals surface area contributed by atoms with Gasteiger partial charge in [-0.25, -0.2) is 0 Å². The molecule has 1 aromatic carbocycles. The zero-order chi connectivity index (χ0) is 11.7. The predicted molar refractivity (Wildman–Crippen MR) is 61.6 cm³/mol. The third-order valence-corrected chi connectivity index (χ3v) is 2.23. The number of phenolic OH excluding ortho intramolecular Hbond substituents is 2. The van der Waals surface area contributed by atoms with E-state index < -0.39 is 0 Å². The van der Waals surface area contributed by atoms with Crippen LogP contribution < -0.4 is 10.6 Å². The second kappa shape index (κ2) is 3.82. The molecule has 1 aliphatic rings. The molecule has 1 amide bonds. The van der Waals surface area contributed by atoms with Crippen LogP contribution in [0.1, 0.15) is 5.56 Å². The average Bonchev–Trinajstić information content (AvgIpc) is 2.51. The number of amides is 1. The molecule has 1 heterocycles. The van der Waals surface area contributed by atoms with E-state index in [9.17, 15) is 9.90 Å². The smallest absolute Gasteiger partial charge is 0.273 e. The van der Waals surface area contributed by atoms with E-state index in [2.05, 4.69) is 10.6 Å². The molecule has 1 fully saturated rings. The molecule has 1 aliphatic heterocycles. The molecule has 0 unspecified atom stereocenters. The number of aromatic hydroxyl groups is 2. The van der Waals surface area contributed by atoms with Crippen LogP contribution in [0.25, 0.3) is 6.08 Å². The number of carbonyl (C=O) groups is 1. The van der Waals surface area contributed by atoms with Gasteiger partial charge in [0.25, 0.3) is 5.91 Å². The van der Waals surface area contributed by atoms with Crippen LogP contribution in [0.4, 0.5) is 0 Å². The Morgan fingerprint density at radius 2 is 1.94 bits per heavy atom. The fourth-order valence-electron chi connectivity index (χ4n) is 1.28. The maximum absolute atomic E-state index is 11.3. The van der Waals surface area contributed by atoms with Crippen LogP contribution in [0, 0.1) is 0 Å². The van der Waals surface area contributed by atoms with Gasteiger partial charge >= 0.3 is 0 Å². The molecule has 2 rings (SSSR count). The maximum Gasteiger partial charge on any atom is 0.273 e. The SMILES string of the molecule is O=C1NC(=S)N/C1=C/c1ccc(O)c(O)c1. The number of hydrogen-bond donors (Lipinski definition) is 4. The summed E-state index contributed by atoms with van der Waals surface area (Å²) < 4.78 is 0. The quantitative estimate of drug-likeness (QED) is 0.323. The third-order valence-electron chi connectivity index (χ3n) is 2.03. The van der Waals surface area contributed by atoms with Crippen molar-refractivity contribution in [2.24, 2.45) is 0 Å². The number of thiocarbonyl (C=S) groups is 1. The summed E-state index contributed by atoms with van der Waals surface area (Å²) in [5.41, 5.74) is 0.882. The summed E-state index contributed by atoms with van der Waals surface area (Å²) >= 11 is 4.76. The maximum atomic E-state index is 11.3. The van der Waals surface area contributed by atoms with Gasteiger partial charge in [0.15, 0.2) is 16.6 Å². The minimum Gasteiger partial charge on any atom is -0.504 e. The molecule has 1 saturated heterocycles. The van der Waals surface area contributed by atoms with Crippen molar-refractivity contribution in [3.05, 3.63) is 29.5 Å². The molecule has 1 aromatic rings. The molecule has 16 heavy (non-hydrogen) atoms. The lowest BCUT2D eigenvalue weighted by atomic mass is 10.1.